The van der Waals surface area contributed by atoms with Crippen LogP contribution in [-0.4, -0.2) is 28.4 Å². The van der Waals surface area contributed by atoms with Gasteiger partial charge in [0.15, 0.2) is 9.76 Å². The Bertz CT molecular complexity index is 230. The Kier molecular flexibility index (Phi) is 7.79. The predicted octanol–water partition coefficient (Wildman–Crippen LogP) is 3.06. The van der Waals surface area contributed by atoms with Crippen LogP contribution in [0.1, 0.15) is 60.8 Å². The summed E-state index contributed by atoms with van der Waals surface area (Å²) in [5, 5.41) is 0.432. The molecule has 0 radical (unpaired) electrons. The fraction of sp³-hybridized carbons (Fsp3) is 0.929. The molecule has 0 saturated heterocycles. The Morgan fingerprint density at radius 2 is 1.78 bits per heavy atom. The van der Waals surface area contributed by atoms with Crippen molar-refractivity contribution in [2.75, 3.05) is 6.61 Å². The van der Waals surface area contributed by atoms with E-state index in [1.165, 1.54) is 19.3 Å². The van der Waals surface area contributed by atoms with Crippen molar-refractivity contribution in [3.05, 3.63) is 0 Å². The monoisotopic (exact) mass is 274 g/mol. The maximum Gasteiger partial charge on any atom is 0.293 e. The Morgan fingerprint density at radius 3 is 2.00 bits per heavy atom. The van der Waals surface area contributed by atoms with E-state index in [-0.39, 0.29) is 15.4 Å². The lowest BCUT2D eigenvalue weighted by atomic mass is 9.75. The fourth-order valence-corrected chi connectivity index (χ4v) is 2.73. The maximum atomic E-state index is 9.18. The molecule has 0 bridgehead atoms. The molecule has 1 rings (SSSR count). The number of rotatable bonds is 5. The number of hydrogen-bond donors (Lipinski definition) is 0. The van der Waals surface area contributed by atoms with Gasteiger partial charge in [0.1, 0.15) is 0 Å². The van der Waals surface area contributed by atoms with E-state index in [9.17, 15) is 4.79 Å². The van der Waals surface area contributed by atoms with Crippen molar-refractivity contribution in [1.29, 1.82) is 0 Å². The quantitative estimate of drug-likeness (QED) is 0.571. The minimum absolute atomic E-state index is 0.164. The second-order valence-corrected chi connectivity index (χ2v) is 9.33. The number of hydrogen-bond acceptors (Lipinski definition) is 3. The molecule has 0 aliphatic heterocycles. The van der Waals surface area contributed by atoms with Crippen molar-refractivity contribution < 1.29 is 14.0 Å². The highest BCUT2D eigenvalue weighted by Gasteiger charge is 2.35. The fourth-order valence-electron chi connectivity index (χ4n) is 1.69. The van der Waals surface area contributed by atoms with E-state index in [2.05, 4.69) is 39.4 Å². The van der Waals surface area contributed by atoms with Gasteiger partial charge in [0, 0.05) is 0 Å². The number of ether oxygens (including phenoxy) is 1. The second kappa shape index (κ2) is 7.95. The van der Waals surface area contributed by atoms with E-state index in [0.717, 1.165) is 5.92 Å². The molecule has 0 atom stereocenters. The zero-order valence-electron chi connectivity index (χ0n) is 12.9. The minimum Gasteiger partial charge on any atom is -0.468 e. The molecule has 0 aromatic heterocycles. The number of carbonyl (C=O) groups excluding carboxylic acids is 1. The van der Waals surface area contributed by atoms with E-state index in [0.29, 0.717) is 18.1 Å². The first kappa shape index (κ1) is 17.6. The normalized spacial score (nSPS) is 17.0. The van der Waals surface area contributed by atoms with Crippen LogP contribution in [0.3, 0.4) is 0 Å². The van der Waals surface area contributed by atoms with Gasteiger partial charge in [-0.2, -0.15) is 0 Å². The second-order valence-electron chi connectivity index (χ2n) is 6.63. The summed E-state index contributed by atoms with van der Waals surface area (Å²) in [5.74, 6) is 0.836. The third-order valence-electron chi connectivity index (χ3n) is 3.20. The first-order chi connectivity index (χ1) is 8.23. The van der Waals surface area contributed by atoms with Gasteiger partial charge in [-0.3, -0.25) is 4.79 Å². The van der Waals surface area contributed by atoms with Crippen molar-refractivity contribution in [3.8, 4) is 0 Å². The van der Waals surface area contributed by atoms with Gasteiger partial charge in [-0.25, -0.2) is 0 Å². The Morgan fingerprint density at radius 1 is 1.22 bits per heavy atom. The van der Waals surface area contributed by atoms with Crippen molar-refractivity contribution in [1.82, 2.24) is 0 Å². The van der Waals surface area contributed by atoms with Crippen LogP contribution in [0.15, 0.2) is 0 Å². The highest BCUT2D eigenvalue weighted by atomic mass is 28.2. The summed E-state index contributed by atoms with van der Waals surface area (Å²) in [6.07, 6.45) is 4.17. The van der Waals surface area contributed by atoms with Crippen LogP contribution >= 0.6 is 0 Å². The molecule has 0 N–H and O–H groups in total. The van der Waals surface area contributed by atoms with Crippen molar-refractivity contribution in [2.24, 2.45) is 5.92 Å². The molecule has 3 nitrogen and oxygen atoms in total. The summed E-state index contributed by atoms with van der Waals surface area (Å²) < 4.78 is 10.3. The van der Waals surface area contributed by atoms with Crippen LogP contribution < -0.4 is 0 Å². The topological polar surface area (TPSA) is 35.5 Å². The Balaban J connectivity index is 0.000000494. The van der Waals surface area contributed by atoms with E-state index in [1.807, 2.05) is 0 Å². The lowest BCUT2D eigenvalue weighted by Gasteiger charge is -2.42. The smallest absolute Gasteiger partial charge is 0.293 e. The SMILES string of the molecule is CC(C)(C)[SiH2]OC(C)(C)C1CCC1.CCOC=O. The molecule has 1 aliphatic rings. The third kappa shape index (κ3) is 7.87. The molecule has 0 aromatic carbocycles. The van der Waals surface area contributed by atoms with Crippen LogP contribution in [0.25, 0.3) is 0 Å². The maximum absolute atomic E-state index is 9.18. The Hall–Kier alpha value is -0.353. The minimum atomic E-state index is -0.373. The van der Waals surface area contributed by atoms with Gasteiger partial charge in [0.25, 0.3) is 6.47 Å². The molecule has 0 unspecified atom stereocenters. The van der Waals surface area contributed by atoms with Crippen molar-refractivity contribution >= 4 is 16.2 Å². The molecule has 0 heterocycles. The van der Waals surface area contributed by atoms with Gasteiger partial charge in [-0.05, 0) is 44.6 Å². The van der Waals surface area contributed by atoms with Crippen molar-refractivity contribution in [3.63, 3.8) is 0 Å². The summed E-state index contributed by atoms with van der Waals surface area (Å²) in [6.45, 7) is 14.1. The zero-order chi connectivity index (χ0) is 14.2. The Labute approximate surface area is 115 Å². The third-order valence-corrected chi connectivity index (χ3v) is 4.95. The van der Waals surface area contributed by atoms with E-state index in [4.69, 9.17) is 4.43 Å². The van der Waals surface area contributed by atoms with Gasteiger partial charge in [0.05, 0.1) is 12.2 Å². The molecular weight excluding hydrogens is 244 g/mol. The molecule has 4 heteroatoms. The molecule has 18 heavy (non-hydrogen) atoms. The van der Waals surface area contributed by atoms with Crippen LogP contribution in [0, 0.1) is 5.92 Å². The first-order valence-corrected chi connectivity index (χ1v) is 8.20. The van der Waals surface area contributed by atoms with Gasteiger partial charge < -0.3 is 9.16 Å². The summed E-state index contributed by atoms with van der Waals surface area (Å²) in [7, 11) is -0.373. The highest BCUT2D eigenvalue weighted by molar-refractivity contribution is 6.31. The molecule has 0 aromatic rings. The van der Waals surface area contributed by atoms with Gasteiger partial charge in [-0.1, -0.05) is 27.2 Å². The predicted molar refractivity (Wildman–Crippen MR) is 78.5 cm³/mol. The first-order valence-electron chi connectivity index (χ1n) is 6.92. The lowest BCUT2D eigenvalue weighted by molar-refractivity contribution is -0.128. The van der Waals surface area contributed by atoms with Gasteiger partial charge in [-0.15, -0.1) is 0 Å². The van der Waals surface area contributed by atoms with Crippen LogP contribution in [0.4, 0.5) is 0 Å². The molecule has 1 aliphatic carbocycles. The lowest BCUT2D eigenvalue weighted by Crippen LogP contribution is -2.40. The molecular formula is C14H30O3Si. The summed E-state index contributed by atoms with van der Waals surface area (Å²) >= 11 is 0. The highest BCUT2D eigenvalue weighted by Crippen LogP contribution is 2.38. The standard InChI is InChI=1S/C11H24OSi.C3H6O2/c1-10(2,3)13-12-11(4,5)9-7-6-8-9;1-2-5-3-4/h9H,6-8,13H2,1-5H3;3H,2H2,1H3. The van der Waals surface area contributed by atoms with E-state index >= 15 is 0 Å². The molecule has 108 valence electrons. The van der Waals surface area contributed by atoms with Crippen LogP contribution in [-0.2, 0) is 14.0 Å². The molecule has 0 amide bonds. The summed E-state index contributed by atoms with van der Waals surface area (Å²) in [5.41, 5.74) is 0.164. The van der Waals surface area contributed by atoms with Crippen LogP contribution in [0.2, 0.25) is 5.04 Å². The zero-order valence-corrected chi connectivity index (χ0v) is 14.3. The number of carbonyl (C=O) groups is 1. The molecule has 1 saturated carbocycles. The summed E-state index contributed by atoms with van der Waals surface area (Å²) in [6, 6.07) is 0. The molecule has 0 spiro atoms. The van der Waals surface area contributed by atoms with Crippen LogP contribution in [0.5, 0.6) is 0 Å². The van der Waals surface area contributed by atoms with Crippen molar-refractivity contribution in [2.45, 2.75) is 71.4 Å². The summed E-state index contributed by atoms with van der Waals surface area (Å²) in [4.78, 5) is 9.18. The largest absolute Gasteiger partial charge is 0.468 e. The average Bonchev–Trinajstić information content (AvgIpc) is 2.13. The van der Waals surface area contributed by atoms with Gasteiger partial charge in [0.2, 0.25) is 0 Å². The molecule has 1 fully saturated rings. The average molecular weight is 274 g/mol. The van der Waals surface area contributed by atoms with Gasteiger partial charge >= 0.3 is 0 Å². The van der Waals surface area contributed by atoms with E-state index < -0.39 is 0 Å². The van der Waals surface area contributed by atoms with E-state index in [1.54, 1.807) is 6.92 Å².